The van der Waals surface area contributed by atoms with Crippen LogP contribution < -0.4 is 5.32 Å². The minimum atomic E-state index is -0.0272. The van der Waals surface area contributed by atoms with Crippen LogP contribution in [0.15, 0.2) is 59.8 Å². The van der Waals surface area contributed by atoms with E-state index < -0.39 is 0 Å². The SMILES string of the molecule is CC(C)NC(=O)CSc1nnc(-c2ccc(Cl)cc2)n1-c1ccccc1. The molecule has 1 N–H and O–H groups in total. The van der Waals surface area contributed by atoms with Crippen LogP contribution in [-0.4, -0.2) is 32.5 Å². The fraction of sp³-hybridized carbons (Fsp3) is 0.211. The van der Waals surface area contributed by atoms with Crippen molar-refractivity contribution < 1.29 is 4.79 Å². The van der Waals surface area contributed by atoms with Crippen LogP contribution in [0, 0.1) is 0 Å². The molecule has 0 unspecified atom stereocenters. The lowest BCUT2D eigenvalue weighted by atomic mass is 10.2. The highest BCUT2D eigenvalue weighted by molar-refractivity contribution is 7.99. The van der Waals surface area contributed by atoms with E-state index in [1.807, 2.05) is 73.0 Å². The van der Waals surface area contributed by atoms with Gasteiger partial charge < -0.3 is 5.32 Å². The number of rotatable bonds is 6. The molecule has 134 valence electrons. The van der Waals surface area contributed by atoms with E-state index in [9.17, 15) is 4.79 Å². The van der Waals surface area contributed by atoms with Crippen LogP contribution in [0.5, 0.6) is 0 Å². The van der Waals surface area contributed by atoms with Gasteiger partial charge in [0, 0.05) is 22.3 Å². The highest BCUT2D eigenvalue weighted by atomic mass is 35.5. The van der Waals surface area contributed by atoms with E-state index in [1.54, 1.807) is 0 Å². The van der Waals surface area contributed by atoms with Gasteiger partial charge in [-0.1, -0.05) is 41.6 Å². The predicted octanol–water partition coefficient (Wildman–Crippen LogP) is 4.20. The number of halogens is 1. The average molecular weight is 387 g/mol. The van der Waals surface area contributed by atoms with Gasteiger partial charge in [-0.05, 0) is 50.2 Å². The lowest BCUT2D eigenvalue weighted by Gasteiger charge is -2.11. The number of hydrogen-bond acceptors (Lipinski definition) is 4. The molecule has 5 nitrogen and oxygen atoms in total. The number of thioether (sulfide) groups is 1. The molecule has 0 aliphatic rings. The largest absolute Gasteiger partial charge is 0.353 e. The van der Waals surface area contributed by atoms with E-state index in [0.717, 1.165) is 11.3 Å². The lowest BCUT2D eigenvalue weighted by Crippen LogP contribution is -2.31. The summed E-state index contributed by atoms with van der Waals surface area (Å²) in [6.07, 6.45) is 0. The topological polar surface area (TPSA) is 59.8 Å². The standard InChI is InChI=1S/C19H19ClN4OS/c1-13(2)21-17(25)12-26-19-23-22-18(14-8-10-15(20)11-9-14)24(19)16-6-4-3-5-7-16/h3-11,13H,12H2,1-2H3,(H,21,25). The average Bonchev–Trinajstić information content (AvgIpc) is 3.05. The Kier molecular flexibility index (Phi) is 5.96. The molecule has 1 amide bonds. The summed E-state index contributed by atoms with van der Waals surface area (Å²) in [6, 6.07) is 17.4. The maximum atomic E-state index is 12.0. The van der Waals surface area contributed by atoms with Crippen molar-refractivity contribution in [2.45, 2.75) is 25.0 Å². The van der Waals surface area contributed by atoms with Crippen LogP contribution in [0.25, 0.3) is 17.1 Å². The Balaban J connectivity index is 1.95. The molecular formula is C19H19ClN4OS. The van der Waals surface area contributed by atoms with Crippen molar-refractivity contribution in [3.05, 3.63) is 59.6 Å². The molecule has 3 rings (SSSR count). The Morgan fingerprint density at radius 3 is 2.46 bits per heavy atom. The van der Waals surface area contributed by atoms with Crippen molar-refractivity contribution in [1.82, 2.24) is 20.1 Å². The zero-order chi connectivity index (χ0) is 18.5. The third kappa shape index (κ3) is 4.45. The summed E-state index contributed by atoms with van der Waals surface area (Å²) in [4.78, 5) is 12.0. The third-order valence-electron chi connectivity index (χ3n) is 3.53. The van der Waals surface area contributed by atoms with Crippen molar-refractivity contribution in [3.8, 4) is 17.1 Å². The molecule has 2 aromatic carbocycles. The normalized spacial score (nSPS) is 10.9. The molecular weight excluding hydrogens is 368 g/mol. The minimum absolute atomic E-state index is 0.0272. The van der Waals surface area contributed by atoms with E-state index in [2.05, 4.69) is 15.5 Å². The van der Waals surface area contributed by atoms with Gasteiger partial charge in [0.1, 0.15) is 0 Å². The Labute approximate surface area is 161 Å². The first-order valence-electron chi connectivity index (χ1n) is 8.23. The van der Waals surface area contributed by atoms with Crippen molar-refractivity contribution in [2.75, 3.05) is 5.75 Å². The van der Waals surface area contributed by atoms with Crippen molar-refractivity contribution >= 4 is 29.3 Å². The molecule has 1 heterocycles. The molecule has 0 aliphatic heterocycles. The number of nitrogens with zero attached hydrogens (tertiary/aromatic N) is 3. The van der Waals surface area contributed by atoms with Crippen molar-refractivity contribution in [2.24, 2.45) is 0 Å². The monoisotopic (exact) mass is 386 g/mol. The Hall–Kier alpha value is -2.31. The maximum absolute atomic E-state index is 12.0. The molecule has 0 spiro atoms. The Morgan fingerprint density at radius 2 is 1.81 bits per heavy atom. The molecule has 3 aromatic rings. The number of benzene rings is 2. The summed E-state index contributed by atoms with van der Waals surface area (Å²) < 4.78 is 1.95. The number of carbonyl (C=O) groups excluding carboxylic acids is 1. The number of nitrogens with one attached hydrogen (secondary N) is 1. The van der Waals surface area contributed by atoms with Gasteiger partial charge in [-0.2, -0.15) is 0 Å². The first-order chi connectivity index (χ1) is 12.5. The first kappa shape index (κ1) is 18.5. The minimum Gasteiger partial charge on any atom is -0.353 e. The van der Waals surface area contributed by atoms with Crippen molar-refractivity contribution in [1.29, 1.82) is 0 Å². The molecule has 0 aliphatic carbocycles. The number of para-hydroxylation sites is 1. The quantitative estimate of drug-likeness (QED) is 0.645. The van der Waals surface area contributed by atoms with Gasteiger partial charge in [0.25, 0.3) is 0 Å². The van der Waals surface area contributed by atoms with Gasteiger partial charge in [0.2, 0.25) is 5.91 Å². The number of carbonyl (C=O) groups is 1. The number of amides is 1. The van der Waals surface area contributed by atoms with Gasteiger partial charge in [-0.3, -0.25) is 9.36 Å². The van der Waals surface area contributed by atoms with E-state index in [0.29, 0.717) is 16.0 Å². The van der Waals surface area contributed by atoms with Crippen LogP contribution in [0.1, 0.15) is 13.8 Å². The molecule has 0 saturated heterocycles. The van der Waals surface area contributed by atoms with E-state index >= 15 is 0 Å². The second-order valence-electron chi connectivity index (χ2n) is 5.99. The summed E-state index contributed by atoms with van der Waals surface area (Å²) in [5.41, 5.74) is 1.85. The van der Waals surface area contributed by atoms with Crippen LogP contribution in [0.2, 0.25) is 5.02 Å². The number of hydrogen-bond donors (Lipinski definition) is 1. The number of aromatic nitrogens is 3. The maximum Gasteiger partial charge on any atom is 0.230 e. The van der Waals surface area contributed by atoms with Crippen LogP contribution in [0.4, 0.5) is 0 Å². The summed E-state index contributed by atoms with van der Waals surface area (Å²) >= 11 is 7.36. The summed E-state index contributed by atoms with van der Waals surface area (Å²) in [7, 11) is 0. The highest BCUT2D eigenvalue weighted by Gasteiger charge is 2.17. The van der Waals surface area contributed by atoms with Crippen molar-refractivity contribution in [3.63, 3.8) is 0 Å². The molecule has 0 radical (unpaired) electrons. The van der Waals surface area contributed by atoms with Crippen LogP contribution in [-0.2, 0) is 4.79 Å². The fourth-order valence-electron chi connectivity index (χ4n) is 2.45. The smallest absolute Gasteiger partial charge is 0.230 e. The summed E-state index contributed by atoms with van der Waals surface area (Å²) in [5.74, 6) is 0.962. The zero-order valence-electron chi connectivity index (χ0n) is 14.5. The molecule has 0 fully saturated rings. The molecule has 7 heteroatoms. The van der Waals surface area contributed by atoms with Gasteiger partial charge in [0.05, 0.1) is 5.75 Å². The molecule has 1 aromatic heterocycles. The van der Waals surface area contributed by atoms with Gasteiger partial charge in [-0.25, -0.2) is 0 Å². The van der Waals surface area contributed by atoms with E-state index in [-0.39, 0.29) is 17.7 Å². The summed E-state index contributed by atoms with van der Waals surface area (Å²) in [5, 5.41) is 12.9. The molecule has 0 saturated carbocycles. The van der Waals surface area contributed by atoms with Crippen LogP contribution >= 0.6 is 23.4 Å². The summed E-state index contributed by atoms with van der Waals surface area (Å²) in [6.45, 7) is 3.88. The fourth-order valence-corrected chi connectivity index (χ4v) is 3.34. The zero-order valence-corrected chi connectivity index (χ0v) is 16.1. The van der Waals surface area contributed by atoms with Gasteiger partial charge in [0.15, 0.2) is 11.0 Å². The Morgan fingerprint density at radius 1 is 1.12 bits per heavy atom. The van der Waals surface area contributed by atoms with Crippen LogP contribution in [0.3, 0.4) is 0 Å². The second kappa shape index (κ2) is 8.38. The highest BCUT2D eigenvalue weighted by Crippen LogP contribution is 2.28. The third-order valence-corrected chi connectivity index (χ3v) is 4.71. The molecule has 26 heavy (non-hydrogen) atoms. The lowest BCUT2D eigenvalue weighted by molar-refractivity contribution is -0.119. The molecule has 0 bridgehead atoms. The van der Waals surface area contributed by atoms with E-state index in [1.165, 1.54) is 11.8 Å². The Bertz CT molecular complexity index is 878. The predicted molar refractivity (Wildman–Crippen MR) is 106 cm³/mol. The van der Waals surface area contributed by atoms with E-state index in [4.69, 9.17) is 11.6 Å². The van der Waals surface area contributed by atoms with Gasteiger partial charge >= 0.3 is 0 Å². The molecule has 0 atom stereocenters. The van der Waals surface area contributed by atoms with Gasteiger partial charge in [-0.15, -0.1) is 10.2 Å². The first-order valence-corrected chi connectivity index (χ1v) is 9.60. The second-order valence-corrected chi connectivity index (χ2v) is 7.37.